The summed E-state index contributed by atoms with van der Waals surface area (Å²) in [7, 11) is -0.652. The summed E-state index contributed by atoms with van der Waals surface area (Å²) >= 11 is 0. The van der Waals surface area contributed by atoms with Crippen LogP contribution in [0.5, 0.6) is 0 Å². The first-order valence-corrected chi connectivity index (χ1v) is 6.39. The van der Waals surface area contributed by atoms with Crippen molar-refractivity contribution in [1.82, 2.24) is 9.97 Å². The van der Waals surface area contributed by atoms with Gasteiger partial charge >= 0.3 is 0 Å². The standard InChI is InChI=1S/C9H13N3O2S/c13-9-5-8(10-6-11-9)12-7-1-3-15(14)4-2-7/h5-7H,1-4H2,(H2,10,11,12,13). The molecule has 2 rings (SSSR count). The molecular formula is C9H13N3O2S. The van der Waals surface area contributed by atoms with Gasteiger partial charge in [0.05, 0.1) is 6.33 Å². The SMILES string of the molecule is O=c1cc(NC2CCS(=O)CC2)nc[nH]1. The molecule has 0 bridgehead atoms. The van der Waals surface area contributed by atoms with Crippen LogP contribution < -0.4 is 10.9 Å². The van der Waals surface area contributed by atoms with Gasteiger partial charge in [-0.25, -0.2) is 4.98 Å². The van der Waals surface area contributed by atoms with Crippen molar-refractivity contribution in [3.63, 3.8) is 0 Å². The molecule has 2 heterocycles. The second kappa shape index (κ2) is 4.57. The molecule has 0 unspecified atom stereocenters. The number of aromatic amines is 1. The number of anilines is 1. The Morgan fingerprint density at radius 3 is 2.87 bits per heavy atom. The minimum absolute atomic E-state index is 0.160. The number of aromatic nitrogens is 2. The van der Waals surface area contributed by atoms with E-state index in [1.165, 1.54) is 12.4 Å². The van der Waals surface area contributed by atoms with E-state index in [1.807, 2.05) is 0 Å². The first-order valence-electron chi connectivity index (χ1n) is 4.90. The molecule has 82 valence electrons. The van der Waals surface area contributed by atoms with E-state index >= 15 is 0 Å². The molecule has 6 heteroatoms. The zero-order valence-electron chi connectivity index (χ0n) is 8.23. The summed E-state index contributed by atoms with van der Waals surface area (Å²) < 4.78 is 11.1. The Labute approximate surface area is 89.8 Å². The Morgan fingerprint density at radius 2 is 2.20 bits per heavy atom. The maximum Gasteiger partial charge on any atom is 0.252 e. The fourth-order valence-electron chi connectivity index (χ4n) is 1.59. The van der Waals surface area contributed by atoms with Gasteiger partial charge < -0.3 is 10.3 Å². The fraction of sp³-hybridized carbons (Fsp3) is 0.556. The molecule has 1 aromatic rings. The molecule has 1 aliphatic rings. The van der Waals surface area contributed by atoms with Gasteiger partial charge in [-0.15, -0.1) is 0 Å². The van der Waals surface area contributed by atoms with E-state index in [2.05, 4.69) is 15.3 Å². The normalized spacial score (nSPS) is 26.1. The molecule has 1 aliphatic heterocycles. The Hall–Kier alpha value is -1.17. The summed E-state index contributed by atoms with van der Waals surface area (Å²) in [5.41, 5.74) is -0.160. The predicted molar refractivity (Wildman–Crippen MR) is 59.4 cm³/mol. The summed E-state index contributed by atoms with van der Waals surface area (Å²) in [6, 6.07) is 1.72. The van der Waals surface area contributed by atoms with Gasteiger partial charge in [-0.05, 0) is 12.8 Å². The number of nitrogens with one attached hydrogen (secondary N) is 2. The number of nitrogens with zero attached hydrogens (tertiary/aromatic N) is 1. The van der Waals surface area contributed by atoms with Crippen molar-refractivity contribution in [2.24, 2.45) is 0 Å². The minimum atomic E-state index is -0.652. The molecule has 1 saturated heterocycles. The van der Waals surface area contributed by atoms with Crippen molar-refractivity contribution >= 4 is 16.6 Å². The molecule has 2 N–H and O–H groups in total. The summed E-state index contributed by atoms with van der Waals surface area (Å²) in [6.45, 7) is 0. The van der Waals surface area contributed by atoms with Gasteiger partial charge in [0.2, 0.25) is 0 Å². The van der Waals surface area contributed by atoms with Crippen LogP contribution in [-0.2, 0) is 10.8 Å². The van der Waals surface area contributed by atoms with Crippen molar-refractivity contribution in [2.45, 2.75) is 18.9 Å². The van der Waals surface area contributed by atoms with Crippen LogP contribution in [0, 0.1) is 0 Å². The van der Waals surface area contributed by atoms with Gasteiger partial charge in [0, 0.05) is 34.4 Å². The average Bonchev–Trinajstić information content (AvgIpc) is 2.22. The van der Waals surface area contributed by atoms with Crippen LogP contribution in [0.15, 0.2) is 17.2 Å². The Bertz CT molecular complexity index is 408. The van der Waals surface area contributed by atoms with Gasteiger partial charge in [-0.2, -0.15) is 0 Å². The van der Waals surface area contributed by atoms with Crippen molar-refractivity contribution < 1.29 is 4.21 Å². The van der Waals surface area contributed by atoms with Crippen LogP contribution in [-0.4, -0.2) is 31.7 Å². The third-order valence-electron chi connectivity index (χ3n) is 2.42. The van der Waals surface area contributed by atoms with Crippen LogP contribution in [0.1, 0.15) is 12.8 Å². The number of H-pyrrole nitrogens is 1. The highest BCUT2D eigenvalue weighted by molar-refractivity contribution is 7.85. The van der Waals surface area contributed by atoms with Crippen molar-refractivity contribution in [3.05, 3.63) is 22.7 Å². The third-order valence-corrected chi connectivity index (χ3v) is 3.80. The zero-order chi connectivity index (χ0) is 10.7. The van der Waals surface area contributed by atoms with E-state index in [4.69, 9.17) is 0 Å². The van der Waals surface area contributed by atoms with Gasteiger partial charge in [-0.3, -0.25) is 9.00 Å². The van der Waals surface area contributed by atoms with Crippen molar-refractivity contribution in [3.8, 4) is 0 Å². The molecule has 0 aromatic carbocycles. The molecule has 15 heavy (non-hydrogen) atoms. The predicted octanol–water partition coefficient (Wildman–Crippen LogP) is 0.0929. The van der Waals surface area contributed by atoms with Crippen LogP contribution in [0.4, 0.5) is 5.82 Å². The highest BCUT2D eigenvalue weighted by Crippen LogP contribution is 2.13. The van der Waals surface area contributed by atoms with E-state index in [-0.39, 0.29) is 11.6 Å². The average molecular weight is 227 g/mol. The quantitative estimate of drug-likeness (QED) is 0.751. The summed E-state index contributed by atoms with van der Waals surface area (Å²) in [4.78, 5) is 17.5. The summed E-state index contributed by atoms with van der Waals surface area (Å²) in [5.74, 6) is 2.07. The van der Waals surface area contributed by atoms with Gasteiger partial charge in [0.1, 0.15) is 5.82 Å². The molecule has 0 spiro atoms. The lowest BCUT2D eigenvalue weighted by Crippen LogP contribution is -2.30. The van der Waals surface area contributed by atoms with Crippen molar-refractivity contribution in [2.75, 3.05) is 16.8 Å². The maximum absolute atomic E-state index is 11.1. The highest BCUT2D eigenvalue weighted by atomic mass is 32.2. The molecule has 0 amide bonds. The fourth-order valence-corrected chi connectivity index (χ4v) is 2.89. The number of rotatable bonds is 2. The third kappa shape index (κ3) is 2.89. The van der Waals surface area contributed by atoms with Gasteiger partial charge in [-0.1, -0.05) is 0 Å². The zero-order valence-corrected chi connectivity index (χ0v) is 9.05. The number of hydrogen-bond donors (Lipinski definition) is 2. The lowest BCUT2D eigenvalue weighted by Gasteiger charge is -2.22. The highest BCUT2D eigenvalue weighted by Gasteiger charge is 2.17. The Morgan fingerprint density at radius 1 is 1.47 bits per heavy atom. The van der Waals surface area contributed by atoms with Crippen molar-refractivity contribution in [1.29, 1.82) is 0 Å². The van der Waals surface area contributed by atoms with E-state index in [0.29, 0.717) is 5.82 Å². The first kappa shape index (κ1) is 10.4. The van der Waals surface area contributed by atoms with Gasteiger partial charge in [0.15, 0.2) is 0 Å². The molecule has 5 nitrogen and oxygen atoms in total. The second-order valence-electron chi connectivity index (χ2n) is 3.56. The lowest BCUT2D eigenvalue weighted by molar-refractivity contribution is 0.622. The smallest absolute Gasteiger partial charge is 0.252 e. The molecule has 0 aliphatic carbocycles. The summed E-state index contributed by atoms with van der Waals surface area (Å²) in [6.07, 6.45) is 3.13. The molecule has 1 aromatic heterocycles. The minimum Gasteiger partial charge on any atom is -0.367 e. The van der Waals surface area contributed by atoms with Gasteiger partial charge in [0.25, 0.3) is 5.56 Å². The molecule has 0 saturated carbocycles. The molecule has 0 radical (unpaired) electrons. The largest absolute Gasteiger partial charge is 0.367 e. The molecular weight excluding hydrogens is 214 g/mol. The lowest BCUT2D eigenvalue weighted by atomic mass is 10.1. The van der Waals surface area contributed by atoms with Crippen LogP contribution in [0.25, 0.3) is 0 Å². The van der Waals surface area contributed by atoms with E-state index in [1.54, 1.807) is 0 Å². The van der Waals surface area contributed by atoms with E-state index < -0.39 is 10.8 Å². The Kier molecular flexibility index (Phi) is 3.15. The number of hydrogen-bond acceptors (Lipinski definition) is 4. The molecule has 1 fully saturated rings. The van der Waals surface area contributed by atoms with Crippen LogP contribution in [0.3, 0.4) is 0 Å². The van der Waals surface area contributed by atoms with E-state index in [0.717, 1.165) is 24.3 Å². The maximum atomic E-state index is 11.1. The van der Waals surface area contributed by atoms with Crippen LogP contribution in [0.2, 0.25) is 0 Å². The molecule has 0 atom stereocenters. The summed E-state index contributed by atoms with van der Waals surface area (Å²) in [5, 5.41) is 3.18. The van der Waals surface area contributed by atoms with E-state index in [9.17, 15) is 9.00 Å². The first-order chi connectivity index (χ1) is 7.24. The monoisotopic (exact) mass is 227 g/mol. The Balaban J connectivity index is 1.97. The second-order valence-corrected chi connectivity index (χ2v) is 5.26. The van der Waals surface area contributed by atoms with Crippen LogP contribution >= 0.6 is 0 Å². The topological polar surface area (TPSA) is 74.8 Å².